The lowest BCUT2D eigenvalue weighted by Crippen LogP contribution is -1.92. The van der Waals surface area contributed by atoms with Gasteiger partial charge in [0.1, 0.15) is 11.2 Å². The predicted molar refractivity (Wildman–Crippen MR) is 165 cm³/mol. The first-order chi connectivity index (χ1) is 19.4. The monoisotopic (exact) mass is 496 g/mol. The molecule has 8 rings (SSSR count). The van der Waals surface area contributed by atoms with Crippen LogP contribution in [0.2, 0.25) is 0 Å². The Hall–Kier alpha value is -5.14. The van der Waals surface area contributed by atoms with Gasteiger partial charge in [0.2, 0.25) is 0 Å². The Morgan fingerprint density at radius 1 is 0.308 bits per heavy atom. The third kappa shape index (κ3) is 3.41. The Morgan fingerprint density at radius 3 is 1.51 bits per heavy atom. The highest BCUT2D eigenvalue weighted by atomic mass is 16.3. The van der Waals surface area contributed by atoms with E-state index in [1.54, 1.807) is 0 Å². The molecule has 8 aromatic rings. The van der Waals surface area contributed by atoms with E-state index in [0.717, 1.165) is 21.9 Å². The van der Waals surface area contributed by atoms with Gasteiger partial charge in [-0.3, -0.25) is 0 Å². The highest BCUT2D eigenvalue weighted by Gasteiger charge is 2.19. The summed E-state index contributed by atoms with van der Waals surface area (Å²) in [6.45, 7) is 0. The van der Waals surface area contributed by atoms with E-state index in [2.05, 4.69) is 133 Å². The van der Waals surface area contributed by atoms with E-state index in [1.807, 2.05) is 12.1 Å². The summed E-state index contributed by atoms with van der Waals surface area (Å²) in [6, 6.07) is 52.1. The predicted octanol–water partition coefficient (Wildman–Crippen LogP) is 10.9. The molecule has 0 aliphatic heterocycles. The van der Waals surface area contributed by atoms with Gasteiger partial charge in [0.15, 0.2) is 0 Å². The molecule has 0 fully saturated rings. The molecular weight excluding hydrogens is 472 g/mol. The first kappa shape index (κ1) is 21.9. The van der Waals surface area contributed by atoms with Crippen LogP contribution in [0.4, 0.5) is 0 Å². The number of rotatable bonds is 3. The Labute approximate surface area is 226 Å². The molecular formula is C38H24O. The first-order valence-corrected chi connectivity index (χ1v) is 13.4. The van der Waals surface area contributed by atoms with Gasteiger partial charge >= 0.3 is 0 Å². The summed E-state index contributed by atoms with van der Waals surface area (Å²) in [5.74, 6) is 0. The molecule has 0 saturated heterocycles. The minimum absolute atomic E-state index is 0.917. The molecule has 1 heterocycles. The lowest BCUT2D eigenvalue weighted by atomic mass is 9.84. The minimum atomic E-state index is 0.917. The van der Waals surface area contributed by atoms with Crippen LogP contribution in [0, 0.1) is 0 Å². The van der Waals surface area contributed by atoms with Crippen LogP contribution in [-0.2, 0) is 0 Å². The molecule has 0 amide bonds. The fourth-order valence-corrected chi connectivity index (χ4v) is 6.18. The van der Waals surface area contributed by atoms with Gasteiger partial charge in [-0.2, -0.15) is 0 Å². The van der Waals surface area contributed by atoms with Crippen LogP contribution in [0.15, 0.2) is 150 Å². The van der Waals surface area contributed by atoms with Crippen molar-refractivity contribution in [2.75, 3.05) is 0 Å². The van der Waals surface area contributed by atoms with Gasteiger partial charge < -0.3 is 4.42 Å². The molecule has 1 aromatic heterocycles. The van der Waals surface area contributed by atoms with E-state index in [4.69, 9.17) is 4.42 Å². The normalized spacial score (nSPS) is 11.6. The topological polar surface area (TPSA) is 13.1 Å². The molecule has 0 aliphatic rings. The molecule has 1 heteroatoms. The second-order valence-corrected chi connectivity index (χ2v) is 10.1. The van der Waals surface area contributed by atoms with Gasteiger partial charge in [0.25, 0.3) is 0 Å². The van der Waals surface area contributed by atoms with Crippen molar-refractivity contribution in [1.29, 1.82) is 0 Å². The number of hydrogen-bond acceptors (Lipinski definition) is 1. The van der Waals surface area contributed by atoms with E-state index in [-0.39, 0.29) is 0 Å². The van der Waals surface area contributed by atoms with Gasteiger partial charge in [0, 0.05) is 10.8 Å². The maximum absolute atomic E-state index is 6.13. The molecule has 0 unspecified atom stereocenters. The van der Waals surface area contributed by atoms with Crippen LogP contribution in [-0.4, -0.2) is 0 Å². The third-order valence-corrected chi connectivity index (χ3v) is 7.88. The lowest BCUT2D eigenvalue weighted by molar-refractivity contribution is 0.669. The Morgan fingerprint density at radius 2 is 0.821 bits per heavy atom. The van der Waals surface area contributed by atoms with Crippen molar-refractivity contribution in [3.63, 3.8) is 0 Å². The maximum Gasteiger partial charge on any atom is 0.135 e. The zero-order valence-corrected chi connectivity index (χ0v) is 21.3. The quantitative estimate of drug-likeness (QED) is 0.222. The number of furan rings is 1. The van der Waals surface area contributed by atoms with Crippen LogP contribution >= 0.6 is 0 Å². The second-order valence-electron chi connectivity index (χ2n) is 10.1. The molecule has 39 heavy (non-hydrogen) atoms. The largest absolute Gasteiger partial charge is 0.456 e. The molecule has 1 nitrogen and oxygen atoms in total. The number of fused-ring (bicyclic) bond motifs is 5. The van der Waals surface area contributed by atoms with Crippen LogP contribution in [0.5, 0.6) is 0 Å². The van der Waals surface area contributed by atoms with Gasteiger partial charge in [-0.25, -0.2) is 0 Å². The molecule has 0 bridgehead atoms. The van der Waals surface area contributed by atoms with E-state index in [9.17, 15) is 0 Å². The molecule has 0 saturated carbocycles. The van der Waals surface area contributed by atoms with E-state index in [0.29, 0.717) is 0 Å². The number of hydrogen-bond donors (Lipinski definition) is 0. The van der Waals surface area contributed by atoms with Crippen molar-refractivity contribution < 1.29 is 4.42 Å². The summed E-state index contributed by atoms with van der Waals surface area (Å²) in [5, 5.41) is 7.35. The van der Waals surface area contributed by atoms with Crippen molar-refractivity contribution in [2.45, 2.75) is 0 Å². The number of benzene rings is 7. The van der Waals surface area contributed by atoms with Gasteiger partial charge in [-0.1, -0.05) is 127 Å². The molecule has 7 aromatic carbocycles. The molecule has 0 radical (unpaired) electrons. The second kappa shape index (κ2) is 8.72. The summed E-state index contributed by atoms with van der Waals surface area (Å²) in [4.78, 5) is 0. The highest BCUT2D eigenvalue weighted by Crippen LogP contribution is 2.46. The minimum Gasteiger partial charge on any atom is -0.456 e. The summed E-state index contributed by atoms with van der Waals surface area (Å²) in [7, 11) is 0. The summed E-state index contributed by atoms with van der Waals surface area (Å²) >= 11 is 0. The van der Waals surface area contributed by atoms with Crippen molar-refractivity contribution >= 4 is 43.5 Å². The highest BCUT2D eigenvalue weighted by molar-refractivity contribution is 6.22. The van der Waals surface area contributed by atoms with E-state index in [1.165, 1.54) is 54.9 Å². The first-order valence-electron chi connectivity index (χ1n) is 13.4. The molecule has 0 N–H and O–H groups in total. The van der Waals surface area contributed by atoms with E-state index >= 15 is 0 Å². The van der Waals surface area contributed by atoms with Crippen LogP contribution in [0.3, 0.4) is 0 Å². The fourth-order valence-electron chi connectivity index (χ4n) is 6.18. The Bertz CT molecular complexity index is 2110. The lowest BCUT2D eigenvalue weighted by Gasteiger charge is -2.19. The van der Waals surface area contributed by atoms with E-state index < -0.39 is 0 Å². The van der Waals surface area contributed by atoms with Gasteiger partial charge in [-0.05, 0) is 73.1 Å². The fraction of sp³-hybridized carbons (Fsp3) is 0. The maximum atomic E-state index is 6.13. The van der Waals surface area contributed by atoms with Gasteiger partial charge in [-0.15, -0.1) is 0 Å². The Kier molecular flexibility index (Phi) is 4.89. The summed E-state index contributed by atoms with van der Waals surface area (Å²) < 4.78 is 6.13. The summed E-state index contributed by atoms with van der Waals surface area (Å²) in [5.41, 5.74) is 9.27. The van der Waals surface area contributed by atoms with Gasteiger partial charge in [0.05, 0.1) is 0 Å². The third-order valence-electron chi connectivity index (χ3n) is 7.88. The SMILES string of the molecule is c1ccc(-c2c3ccccc3c(-c3ccccc3-c3ccc4oc5ccccc5c4c3)c3ccccc23)cc1. The number of para-hydroxylation sites is 1. The Balaban J connectivity index is 1.46. The zero-order valence-electron chi connectivity index (χ0n) is 21.3. The van der Waals surface area contributed by atoms with Crippen molar-refractivity contribution in [1.82, 2.24) is 0 Å². The summed E-state index contributed by atoms with van der Waals surface area (Å²) in [6.07, 6.45) is 0. The van der Waals surface area contributed by atoms with Crippen molar-refractivity contribution in [3.8, 4) is 33.4 Å². The van der Waals surface area contributed by atoms with Crippen molar-refractivity contribution in [2.24, 2.45) is 0 Å². The smallest absolute Gasteiger partial charge is 0.135 e. The van der Waals surface area contributed by atoms with Crippen molar-refractivity contribution in [3.05, 3.63) is 146 Å². The zero-order chi connectivity index (χ0) is 25.8. The average Bonchev–Trinajstić information content (AvgIpc) is 3.38. The van der Waals surface area contributed by atoms with Crippen LogP contribution < -0.4 is 0 Å². The molecule has 0 aliphatic carbocycles. The average molecular weight is 497 g/mol. The molecule has 182 valence electrons. The molecule has 0 spiro atoms. The van der Waals surface area contributed by atoms with Crippen LogP contribution in [0.1, 0.15) is 0 Å². The van der Waals surface area contributed by atoms with Crippen LogP contribution in [0.25, 0.3) is 76.9 Å². The standard InChI is InChI=1S/C38H24O/c1-2-12-25(13-3-1)37-30-17-6-8-19-32(30)38(33-20-9-7-18-31(33)37)29-16-5-4-14-27(29)26-22-23-36-34(24-26)28-15-10-11-21-35(28)39-36/h1-24H. The molecule has 0 atom stereocenters.